The standard InChI is InChI=1S/C15H19N3O2/c1-11-13(4-8-20-11)15(19)17(2)10-12-3-6-18-7-5-16-14(18)9-12/h4-5,7-8,12H,3,6,9-10H2,1-2H3/t12-/m1/s1. The van der Waals surface area contributed by atoms with Crippen LogP contribution in [0.4, 0.5) is 0 Å². The molecule has 5 heteroatoms. The molecule has 20 heavy (non-hydrogen) atoms. The van der Waals surface area contributed by atoms with Gasteiger partial charge in [-0.05, 0) is 25.3 Å². The average Bonchev–Trinajstić information content (AvgIpc) is 3.05. The minimum Gasteiger partial charge on any atom is -0.469 e. The number of nitrogens with zero attached hydrogens (tertiary/aromatic N) is 3. The number of carbonyl (C=O) groups excluding carboxylic acids is 1. The lowest BCUT2D eigenvalue weighted by molar-refractivity contribution is 0.0762. The normalized spacial score (nSPS) is 17.8. The number of carbonyl (C=O) groups is 1. The summed E-state index contributed by atoms with van der Waals surface area (Å²) in [5.74, 6) is 2.32. The Kier molecular flexibility index (Phi) is 3.34. The van der Waals surface area contributed by atoms with Gasteiger partial charge in [-0.15, -0.1) is 0 Å². The van der Waals surface area contributed by atoms with Gasteiger partial charge < -0.3 is 13.9 Å². The summed E-state index contributed by atoms with van der Waals surface area (Å²) >= 11 is 0. The van der Waals surface area contributed by atoms with Crippen LogP contribution >= 0.6 is 0 Å². The first kappa shape index (κ1) is 13.0. The van der Waals surface area contributed by atoms with E-state index in [-0.39, 0.29) is 5.91 Å². The number of hydrogen-bond donors (Lipinski definition) is 0. The zero-order chi connectivity index (χ0) is 14.1. The smallest absolute Gasteiger partial charge is 0.257 e. The molecule has 0 spiro atoms. The molecule has 5 nitrogen and oxygen atoms in total. The second kappa shape index (κ2) is 5.15. The van der Waals surface area contributed by atoms with Crippen molar-refractivity contribution in [1.82, 2.24) is 14.5 Å². The van der Waals surface area contributed by atoms with Crippen molar-refractivity contribution < 1.29 is 9.21 Å². The van der Waals surface area contributed by atoms with Crippen molar-refractivity contribution in [1.29, 1.82) is 0 Å². The number of aromatic nitrogens is 2. The van der Waals surface area contributed by atoms with E-state index in [9.17, 15) is 4.79 Å². The summed E-state index contributed by atoms with van der Waals surface area (Å²) in [4.78, 5) is 18.5. The Morgan fingerprint density at radius 2 is 2.45 bits per heavy atom. The molecule has 0 saturated carbocycles. The lowest BCUT2D eigenvalue weighted by Crippen LogP contribution is -2.35. The quantitative estimate of drug-likeness (QED) is 0.860. The maximum Gasteiger partial charge on any atom is 0.257 e. The van der Waals surface area contributed by atoms with Crippen LogP contribution in [-0.4, -0.2) is 34.0 Å². The van der Waals surface area contributed by atoms with Crippen molar-refractivity contribution in [3.63, 3.8) is 0 Å². The zero-order valence-corrected chi connectivity index (χ0v) is 11.9. The second-order valence-corrected chi connectivity index (χ2v) is 5.47. The van der Waals surface area contributed by atoms with Gasteiger partial charge in [0.15, 0.2) is 0 Å². The highest BCUT2D eigenvalue weighted by molar-refractivity contribution is 5.94. The number of imidazole rings is 1. The van der Waals surface area contributed by atoms with Crippen LogP contribution in [0.25, 0.3) is 0 Å². The Bertz CT molecular complexity index is 614. The molecule has 0 radical (unpaired) electrons. The van der Waals surface area contributed by atoms with Crippen LogP contribution in [0.1, 0.15) is 28.4 Å². The van der Waals surface area contributed by atoms with Gasteiger partial charge in [0, 0.05) is 39.0 Å². The van der Waals surface area contributed by atoms with Crippen molar-refractivity contribution in [3.8, 4) is 0 Å². The van der Waals surface area contributed by atoms with Crippen LogP contribution in [0.2, 0.25) is 0 Å². The minimum atomic E-state index is 0.0326. The van der Waals surface area contributed by atoms with Gasteiger partial charge in [-0.25, -0.2) is 4.98 Å². The van der Waals surface area contributed by atoms with Gasteiger partial charge in [0.25, 0.3) is 5.91 Å². The van der Waals surface area contributed by atoms with E-state index in [1.54, 1.807) is 17.2 Å². The van der Waals surface area contributed by atoms with Crippen LogP contribution in [0.15, 0.2) is 29.1 Å². The Morgan fingerprint density at radius 1 is 1.60 bits per heavy atom. The summed E-state index contributed by atoms with van der Waals surface area (Å²) in [6, 6.07) is 1.74. The van der Waals surface area contributed by atoms with Crippen molar-refractivity contribution in [2.24, 2.45) is 5.92 Å². The first-order chi connectivity index (χ1) is 9.65. The molecule has 3 heterocycles. The molecule has 3 rings (SSSR count). The van der Waals surface area contributed by atoms with Crippen molar-refractivity contribution >= 4 is 5.91 Å². The van der Waals surface area contributed by atoms with E-state index in [2.05, 4.69) is 9.55 Å². The number of rotatable bonds is 3. The maximum atomic E-state index is 12.3. The van der Waals surface area contributed by atoms with Crippen LogP contribution in [0.5, 0.6) is 0 Å². The lowest BCUT2D eigenvalue weighted by Gasteiger charge is -2.27. The molecule has 1 amide bonds. The molecule has 0 aromatic carbocycles. The van der Waals surface area contributed by atoms with Gasteiger partial charge in [0.05, 0.1) is 11.8 Å². The Balaban J connectivity index is 1.64. The molecule has 1 aliphatic heterocycles. The predicted molar refractivity (Wildman–Crippen MR) is 74.4 cm³/mol. The third-order valence-electron chi connectivity index (χ3n) is 4.02. The predicted octanol–water partition coefficient (Wildman–Crippen LogP) is 2.12. The van der Waals surface area contributed by atoms with Gasteiger partial charge in [-0.2, -0.15) is 0 Å². The largest absolute Gasteiger partial charge is 0.469 e. The molecule has 1 atom stereocenters. The lowest BCUT2D eigenvalue weighted by atomic mass is 9.97. The van der Waals surface area contributed by atoms with Crippen molar-refractivity contribution in [2.75, 3.05) is 13.6 Å². The van der Waals surface area contributed by atoms with Gasteiger partial charge >= 0.3 is 0 Å². The number of hydrogen-bond acceptors (Lipinski definition) is 3. The molecule has 2 aromatic heterocycles. The summed E-state index contributed by atoms with van der Waals surface area (Å²) in [6.45, 7) is 3.57. The molecular formula is C15H19N3O2. The van der Waals surface area contributed by atoms with E-state index < -0.39 is 0 Å². The molecule has 0 saturated heterocycles. The third-order valence-corrected chi connectivity index (χ3v) is 4.02. The van der Waals surface area contributed by atoms with Gasteiger partial charge in [0.2, 0.25) is 0 Å². The van der Waals surface area contributed by atoms with Crippen LogP contribution < -0.4 is 0 Å². The molecule has 0 aliphatic carbocycles. The summed E-state index contributed by atoms with van der Waals surface area (Å²) in [7, 11) is 1.86. The Morgan fingerprint density at radius 3 is 3.20 bits per heavy atom. The molecular weight excluding hydrogens is 254 g/mol. The highest BCUT2D eigenvalue weighted by Crippen LogP contribution is 2.21. The summed E-state index contributed by atoms with van der Waals surface area (Å²) in [5, 5.41) is 0. The zero-order valence-electron chi connectivity index (χ0n) is 11.9. The fourth-order valence-electron chi connectivity index (χ4n) is 2.85. The number of amides is 1. The average molecular weight is 273 g/mol. The molecule has 106 valence electrons. The fourth-order valence-corrected chi connectivity index (χ4v) is 2.85. The first-order valence-corrected chi connectivity index (χ1v) is 6.94. The van der Waals surface area contributed by atoms with E-state index in [1.165, 1.54) is 0 Å². The number of aryl methyl sites for hydroxylation is 2. The second-order valence-electron chi connectivity index (χ2n) is 5.47. The molecule has 0 bridgehead atoms. The van der Waals surface area contributed by atoms with E-state index in [1.807, 2.05) is 26.4 Å². The topological polar surface area (TPSA) is 51.3 Å². The highest BCUT2D eigenvalue weighted by atomic mass is 16.3. The number of furan rings is 1. The highest BCUT2D eigenvalue weighted by Gasteiger charge is 2.23. The SMILES string of the molecule is Cc1occc1C(=O)N(C)C[C@@H]1CCn2ccnc2C1. The fraction of sp³-hybridized carbons (Fsp3) is 0.467. The van der Waals surface area contributed by atoms with E-state index >= 15 is 0 Å². The summed E-state index contributed by atoms with van der Waals surface area (Å²) < 4.78 is 7.39. The van der Waals surface area contributed by atoms with E-state index in [0.717, 1.165) is 31.8 Å². The summed E-state index contributed by atoms with van der Waals surface area (Å²) in [6.07, 6.45) is 7.46. The first-order valence-electron chi connectivity index (χ1n) is 6.94. The monoisotopic (exact) mass is 273 g/mol. The van der Waals surface area contributed by atoms with Gasteiger partial charge in [-0.1, -0.05) is 0 Å². The minimum absolute atomic E-state index is 0.0326. The molecule has 0 fully saturated rings. The van der Waals surface area contributed by atoms with Gasteiger partial charge in [0.1, 0.15) is 11.6 Å². The van der Waals surface area contributed by atoms with Gasteiger partial charge in [-0.3, -0.25) is 4.79 Å². The van der Waals surface area contributed by atoms with E-state index in [0.29, 0.717) is 17.2 Å². The summed E-state index contributed by atoms with van der Waals surface area (Å²) in [5.41, 5.74) is 0.657. The van der Waals surface area contributed by atoms with Crippen LogP contribution in [0.3, 0.4) is 0 Å². The maximum absolute atomic E-state index is 12.3. The molecule has 1 aliphatic rings. The van der Waals surface area contributed by atoms with Crippen LogP contribution in [0, 0.1) is 12.8 Å². The van der Waals surface area contributed by atoms with Crippen LogP contribution in [-0.2, 0) is 13.0 Å². The molecule has 0 unspecified atom stereocenters. The van der Waals surface area contributed by atoms with Crippen molar-refractivity contribution in [3.05, 3.63) is 41.9 Å². The third kappa shape index (κ3) is 2.35. The van der Waals surface area contributed by atoms with E-state index in [4.69, 9.17) is 4.42 Å². The molecule has 0 N–H and O–H groups in total. The Labute approximate surface area is 118 Å². The van der Waals surface area contributed by atoms with Crippen molar-refractivity contribution in [2.45, 2.75) is 26.3 Å². The number of fused-ring (bicyclic) bond motifs is 1. The Hall–Kier alpha value is -2.04. The molecule has 2 aromatic rings.